The molecule has 0 spiro atoms. The van der Waals surface area contributed by atoms with E-state index in [0.717, 1.165) is 12.1 Å². The molecule has 4 nitrogen and oxygen atoms in total. The minimum Gasteiger partial charge on any atom is -0.550 e. The maximum Gasteiger partial charge on any atom is 1.00 e. The molecule has 3 rings (SSSR count). The second kappa shape index (κ2) is 8.07. The summed E-state index contributed by atoms with van der Waals surface area (Å²) in [4.78, 5) is 14.8. The molecule has 1 heterocycles. The van der Waals surface area contributed by atoms with Crippen LogP contribution in [0.15, 0.2) is 54.7 Å². The number of hydrogen-bond donors (Lipinski definition) is 1. The van der Waals surface area contributed by atoms with Gasteiger partial charge >= 0.3 is 35.7 Å². The van der Waals surface area contributed by atoms with E-state index in [4.69, 9.17) is 0 Å². The molecular formula is C18H12F3N2NaO2. The van der Waals surface area contributed by atoms with Gasteiger partial charge in [-0.3, -0.25) is 4.98 Å². The second-order valence-electron chi connectivity index (χ2n) is 5.42. The number of alkyl halides is 3. The molecule has 0 amide bonds. The molecule has 26 heavy (non-hydrogen) atoms. The zero-order chi connectivity index (χ0) is 18.0. The summed E-state index contributed by atoms with van der Waals surface area (Å²) in [5, 5.41) is 14.4. The Hall–Kier alpha value is -2.09. The number of carbonyl (C=O) groups is 1. The molecule has 0 atom stereocenters. The molecule has 1 N–H and O–H groups in total. The summed E-state index contributed by atoms with van der Waals surface area (Å²) in [5.74, 6) is -1.22. The number of pyridine rings is 1. The van der Waals surface area contributed by atoms with Gasteiger partial charge in [0.05, 0.1) is 11.1 Å². The van der Waals surface area contributed by atoms with Crippen LogP contribution in [0.4, 0.5) is 24.5 Å². The third-order valence-corrected chi connectivity index (χ3v) is 3.69. The van der Waals surface area contributed by atoms with Crippen molar-refractivity contribution in [3.8, 4) is 0 Å². The summed E-state index contributed by atoms with van der Waals surface area (Å²) in [5.41, 5.74) is 1.00. The molecule has 2 aromatic carbocycles. The fraction of sp³-hybridized carbons (Fsp3) is 0.111. The Morgan fingerprint density at radius 2 is 1.81 bits per heavy atom. The van der Waals surface area contributed by atoms with Crippen molar-refractivity contribution in [1.29, 1.82) is 0 Å². The topological polar surface area (TPSA) is 65.0 Å². The van der Waals surface area contributed by atoms with E-state index in [-0.39, 0.29) is 41.5 Å². The Balaban J connectivity index is 0.00000243. The van der Waals surface area contributed by atoms with Gasteiger partial charge < -0.3 is 15.2 Å². The van der Waals surface area contributed by atoms with Gasteiger partial charge in [-0.15, -0.1) is 0 Å². The van der Waals surface area contributed by atoms with Gasteiger partial charge in [-0.2, -0.15) is 13.2 Å². The number of aliphatic carboxylic acids is 1. The van der Waals surface area contributed by atoms with Gasteiger partial charge in [0.1, 0.15) is 0 Å². The van der Waals surface area contributed by atoms with Crippen LogP contribution in [0.25, 0.3) is 10.9 Å². The van der Waals surface area contributed by atoms with Gasteiger partial charge in [-0.25, -0.2) is 0 Å². The summed E-state index contributed by atoms with van der Waals surface area (Å²) in [6.45, 7) is 0. The summed E-state index contributed by atoms with van der Waals surface area (Å²) < 4.78 is 38.5. The Morgan fingerprint density at radius 1 is 1.08 bits per heavy atom. The summed E-state index contributed by atoms with van der Waals surface area (Å²) in [7, 11) is 0. The number of aromatic nitrogens is 1. The molecule has 0 aliphatic rings. The van der Waals surface area contributed by atoms with E-state index in [1.807, 2.05) is 0 Å². The molecule has 0 saturated heterocycles. The number of hydrogen-bond acceptors (Lipinski definition) is 4. The first-order chi connectivity index (χ1) is 11.8. The third-order valence-electron chi connectivity index (χ3n) is 3.69. The van der Waals surface area contributed by atoms with Gasteiger partial charge in [0.15, 0.2) is 0 Å². The van der Waals surface area contributed by atoms with Crippen LogP contribution in [0, 0.1) is 0 Å². The zero-order valence-corrected chi connectivity index (χ0v) is 15.8. The smallest absolute Gasteiger partial charge is 0.550 e. The molecule has 0 aliphatic heterocycles. The first-order valence-electron chi connectivity index (χ1n) is 7.35. The van der Waals surface area contributed by atoms with E-state index in [9.17, 15) is 23.1 Å². The molecule has 8 heteroatoms. The normalized spacial score (nSPS) is 11.0. The van der Waals surface area contributed by atoms with Crippen molar-refractivity contribution in [2.45, 2.75) is 12.6 Å². The van der Waals surface area contributed by atoms with Gasteiger partial charge in [-0.1, -0.05) is 24.3 Å². The Labute approximate surface area is 169 Å². The molecule has 128 valence electrons. The maximum absolute atomic E-state index is 12.8. The van der Waals surface area contributed by atoms with Crippen LogP contribution in [-0.2, 0) is 17.4 Å². The number of halogens is 3. The summed E-state index contributed by atoms with van der Waals surface area (Å²) in [6, 6.07) is 11.7. The quantitative estimate of drug-likeness (QED) is 0.673. The van der Waals surface area contributed by atoms with Crippen molar-refractivity contribution in [3.05, 3.63) is 65.9 Å². The molecule has 0 saturated carbocycles. The number of benzene rings is 2. The molecule has 0 unspecified atom stereocenters. The first kappa shape index (κ1) is 20.2. The van der Waals surface area contributed by atoms with E-state index in [1.165, 1.54) is 12.3 Å². The van der Waals surface area contributed by atoms with Crippen LogP contribution in [0.2, 0.25) is 0 Å². The number of nitrogens with one attached hydrogen (secondary N) is 1. The van der Waals surface area contributed by atoms with Gasteiger partial charge in [0.25, 0.3) is 0 Å². The number of nitrogens with zero attached hydrogens (tertiary/aromatic N) is 1. The number of fused-ring (bicyclic) bond motifs is 1. The molecule has 1 aromatic heterocycles. The minimum atomic E-state index is -4.44. The Bertz CT molecular complexity index is 945. The maximum atomic E-state index is 12.8. The zero-order valence-electron chi connectivity index (χ0n) is 13.8. The van der Waals surface area contributed by atoms with Gasteiger partial charge in [0.2, 0.25) is 0 Å². The number of rotatable bonds is 4. The molecule has 3 aromatic rings. The largest absolute Gasteiger partial charge is 1.00 e. The summed E-state index contributed by atoms with van der Waals surface area (Å²) in [6.07, 6.45) is -3.32. The number of carboxylic acids is 1. The summed E-state index contributed by atoms with van der Waals surface area (Å²) >= 11 is 0. The minimum absolute atomic E-state index is 0. The number of para-hydroxylation sites is 1. The van der Waals surface area contributed by atoms with Crippen molar-refractivity contribution < 1.29 is 52.6 Å². The van der Waals surface area contributed by atoms with E-state index in [1.54, 1.807) is 30.3 Å². The van der Waals surface area contributed by atoms with Crippen molar-refractivity contribution >= 4 is 28.2 Å². The van der Waals surface area contributed by atoms with Crippen LogP contribution in [0.1, 0.15) is 11.1 Å². The number of carbonyl (C=O) groups excluding carboxylic acids is 1. The van der Waals surface area contributed by atoms with E-state index in [0.29, 0.717) is 22.3 Å². The third kappa shape index (κ3) is 4.55. The molecule has 0 bridgehead atoms. The monoisotopic (exact) mass is 368 g/mol. The predicted octanol–water partition coefficient (Wildman–Crippen LogP) is 0.294. The van der Waals surface area contributed by atoms with Crippen LogP contribution in [0.3, 0.4) is 0 Å². The van der Waals surface area contributed by atoms with Crippen LogP contribution >= 0.6 is 0 Å². The molecule has 0 fully saturated rings. The predicted molar refractivity (Wildman–Crippen MR) is 85.2 cm³/mol. The Morgan fingerprint density at radius 3 is 2.50 bits per heavy atom. The number of anilines is 2. The average molecular weight is 368 g/mol. The van der Waals surface area contributed by atoms with E-state index < -0.39 is 17.7 Å². The second-order valence-corrected chi connectivity index (χ2v) is 5.42. The van der Waals surface area contributed by atoms with Crippen LogP contribution in [-0.4, -0.2) is 11.0 Å². The standard InChI is InChI=1S/C18H13F3N2O2.Na/c19-18(20,21)12-5-6-13-15(7-8-22-16(13)10-12)23-14-4-2-1-3-11(14)9-17(24)25;/h1-8,10H,9H2,(H,22,23)(H,24,25);/q;+1/p-1. The Kier molecular flexibility index (Phi) is 6.28. The molecule has 0 radical (unpaired) electrons. The SMILES string of the molecule is O=C([O-])Cc1ccccc1Nc1ccnc2cc(C(F)(F)F)ccc12.[Na+]. The number of carboxylic acid groups (broad SMARTS) is 1. The average Bonchev–Trinajstić information content (AvgIpc) is 2.55. The van der Waals surface area contributed by atoms with Gasteiger partial charge in [-0.05, 0) is 29.8 Å². The molecular weight excluding hydrogens is 356 g/mol. The van der Waals surface area contributed by atoms with E-state index >= 15 is 0 Å². The first-order valence-corrected chi connectivity index (χ1v) is 7.35. The van der Waals surface area contributed by atoms with Crippen LogP contribution in [0.5, 0.6) is 0 Å². The van der Waals surface area contributed by atoms with Crippen molar-refractivity contribution in [1.82, 2.24) is 4.98 Å². The van der Waals surface area contributed by atoms with Crippen molar-refractivity contribution in [3.63, 3.8) is 0 Å². The molecule has 0 aliphatic carbocycles. The van der Waals surface area contributed by atoms with Crippen molar-refractivity contribution in [2.75, 3.05) is 5.32 Å². The fourth-order valence-corrected chi connectivity index (χ4v) is 2.53. The van der Waals surface area contributed by atoms with Gasteiger partial charge in [0, 0.05) is 35.3 Å². The van der Waals surface area contributed by atoms with E-state index in [2.05, 4.69) is 10.3 Å². The van der Waals surface area contributed by atoms with Crippen molar-refractivity contribution in [2.24, 2.45) is 0 Å². The fourth-order valence-electron chi connectivity index (χ4n) is 2.53. The van der Waals surface area contributed by atoms with Crippen LogP contribution < -0.4 is 40.0 Å².